The minimum Gasteiger partial charge on any atom is -0.367 e. The number of nitrogens with zero attached hydrogens (tertiary/aromatic N) is 2. The lowest BCUT2D eigenvalue weighted by atomic mass is 10.0. The molecule has 0 aliphatic heterocycles. The summed E-state index contributed by atoms with van der Waals surface area (Å²) in [5.41, 5.74) is 3.30. The van der Waals surface area contributed by atoms with Gasteiger partial charge in [0.25, 0.3) is 0 Å². The smallest absolute Gasteiger partial charge is 0.220 e. The summed E-state index contributed by atoms with van der Waals surface area (Å²) in [6.07, 6.45) is 1.93. The molecule has 1 aromatic carbocycles. The monoisotopic (exact) mass is 350 g/mol. The summed E-state index contributed by atoms with van der Waals surface area (Å²) in [6.45, 7) is 4.79. The molecule has 0 atom stereocenters. The maximum atomic E-state index is 12.2. The van der Waals surface area contributed by atoms with E-state index in [9.17, 15) is 9.59 Å². The molecule has 26 heavy (non-hydrogen) atoms. The van der Waals surface area contributed by atoms with Crippen molar-refractivity contribution in [3.05, 3.63) is 58.8 Å². The Morgan fingerprint density at radius 2 is 1.92 bits per heavy atom. The molecule has 2 N–H and O–H groups in total. The average molecular weight is 350 g/mol. The lowest BCUT2D eigenvalue weighted by Gasteiger charge is -2.08. The molecular weight excluding hydrogens is 328 g/mol. The molecule has 2 rings (SSSR count). The first-order valence-corrected chi connectivity index (χ1v) is 8.47. The Labute approximate surface area is 153 Å². The SMILES string of the molecule is Cc1ccc(C(=O)CCC(=O)NCCNc2ncccc2C#N)cc1C. The molecule has 0 bridgehead atoms. The number of anilines is 1. The highest BCUT2D eigenvalue weighted by Gasteiger charge is 2.10. The van der Waals surface area contributed by atoms with Crippen LogP contribution in [0.4, 0.5) is 5.82 Å². The van der Waals surface area contributed by atoms with E-state index in [1.807, 2.05) is 26.0 Å². The van der Waals surface area contributed by atoms with Crippen molar-refractivity contribution in [2.45, 2.75) is 26.7 Å². The van der Waals surface area contributed by atoms with Crippen LogP contribution < -0.4 is 10.6 Å². The van der Waals surface area contributed by atoms with E-state index >= 15 is 0 Å². The number of amides is 1. The highest BCUT2D eigenvalue weighted by molar-refractivity contribution is 5.98. The molecule has 0 spiro atoms. The quantitative estimate of drug-likeness (QED) is 0.564. The summed E-state index contributed by atoms with van der Waals surface area (Å²) >= 11 is 0. The second-order valence-electron chi connectivity index (χ2n) is 6.01. The van der Waals surface area contributed by atoms with Crippen molar-refractivity contribution < 1.29 is 9.59 Å². The van der Waals surface area contributed by atoms with E-state index in [1.165, 1.54) is 0 Å². The number of aryl methyl sites for hydroxylation is 2. The number of rotatable bonds is 8. The normalized spacial score (nSPS) is 10.0. The summed E-state index contributed by atoms with van der Waals surface area (Å²) in [5, 5.41) is 14.7. The van der Waals surface area contributed by atoms with Gasteiger partial charge in [-0.15, -0.1) is 0 Å². The second kappa shape index (κ2) is 9.33. The summed E-state index contributed by atoms with van der Waals surface area (Å²) < 4.78 is 0. The van der Waals surface area contributed by atoms with Gasteiger partial charge in [-0.3, -0.25) is 9.59 Å². The summed E-state index contributed by atoms with van der Waals surface area (Å²) in [5.74, 6) is 0.285. The fourth-order valence-corrected chi connectivity index (χ4v) is 2.39. The van der Waals surface area contributed by atoms with Crippen molar-refractivity contribution in [3.63, 3.8) is 0 Å². The van der Waals surface area contributed by atoms with Gasteiger partial charge in [0.1, 0.15) is 11.9 Å². The zero-order valence-corrected chi connectivity index (χ0v) is 15.0. The molecule has 0 unspecified atom stereocenters. The molecule has 0 saturated carbocycles. The lowest BCUT2D eigenvalue weighted by Crippen LogP contribution is -2.29. The Balaban J connectivity index is 1.71. The molecule has 0 fully saturated rings. The number of aromatic nitrogens is 1. The molecule has 6 nitrogen and oxygen atoms in total. The van der Waals surface area contributed by atoms with E-state index in [1.54, 1.807) is 24.4 Å². The van der Waals surface area contributed by atoms with E-state index in [0.29, 0.717) is 30.0 Å². The molecule has 2 aromatic rings. The minimum atomic E-state index is -0.175. The van der Waals surface area contributed by atoms with Crippen molar-refractivity contribution in [1.82, 2.24) is 10.3 Å². The van der Waals surface area contributed by atoms with E-state index in [0.717, 1.165) is 11.1 Å². The van der Waals surface area contributed by atoms with Crippen molar-refractivity contribution in [3.8, 4) is 6.07 Å². The van der Waals surface area contributed by atoms with Gasteiger partial charge >= 0.3 is 0 Å². The molecule has 1 heterocycles. The van der Waals surface area contributed by atoms with E-state index in [4.69, 9.17) is 5.26 Å². The number of pyridine rings is 1. The number of Topliss-reactive ketones (excluding diaryl/α,β-unsaturated/α-hetero) is 1. The van der Waals surface area contributed by atoms with Crippen LogP contribution in [0.1, 0.15) is 39.9 Å². The van der Waals surface area contributed by atoms with Gasteiger partial charge < -0.3 is 10.6 Å². The number of nitriles is 1. The van der Waals surface area contributed by atoms with Gasteiger partial charge in [0.05, 0.1) is 5.56 Å². The van der Waals surface area contributed by atoms with Crippen molar-refractivity contribution in [2.75, 3.05) is 18.4 Å². The highest BCUT2D eigenvalue weighted by Crippen LogP contribution is 2.12. The number of nitrogens with one attached hydrogen (secondary N) is 2. The fraction of sp³-hybridized carbons (Fsp3) is 0.300. The largest absolute Gasteiger partial charge is 0.367 e. The van der Waals surface area contributed by atoms with Gasteiger partial charge in [0.15, 0.2) is 5.78 Å². The van der Waals surface area contributed by atoms with Gasteiger partial charge in [-0.25, -0.2) is 4.98 Å². The molecule has 0 aliphatic rings. The molecular formula is C20H22N4O2. The Kier molecular flexibility index (Phi) is 6.86. The third-order valence-electron chi connectivity index (χ3n) is 4.08. The summed E-state index contributed by atoms with van der Waals surface area (Å²) in [7, 11) is 0. The average Bonchev–Trinajstić information content (AvgIpc) is 2.65. The molecule has 0 saturated heterocycles. The number of hydrogen-bond donors (Lipinski definition) is 2. The van der Waals surface area contributed by atoms with Gasteiger partial charge in [-0.05, 0) is 43.2 Å². The van der Waals surface area contributed by atoms with E-state index < -0.39 is 0 Å². The number of carbonyl (C=O) groups is 2. The van der Waals surface area contributed by atoms with Gasteiger partial charge in [-0.1, -0.05) is 12.1 Å². The molecule has 134 valence electrons. The van der Waals surface area contributed by atoms with Crippen LogP contribution in [0.2, 0.25) is 0 Å². The number of ketones is 1. The lowest BCUT2D eigenvalue weighted by molar-refractivity contribution is -0.120. The van der Waals surface area contributed by atoms with Crippen LogP contribution >= 0.6 is 0 Å². The van der Waals surface area contributed by atoms with Gasteiger partial charge in [0.2, 0.25) is 5.91 Å². The zero-order chi connectivity index (χ0) is 18.9. The van der Waals surface area contributed by atoms with Crippen LogP contribution in [0.25, 0.3) is 0 Å². The molecule has 0 radical (unpaired) electrons. The second-order valence-corrected chi connectivity index (χ2v) is 6.01. The minimum absolute atomic E-state index is 0.0338. The first kappa shape index (κ1) is 19.1. The van der Waals surface area contributed by atoms with Crippen LogP contribution in [0, 0.1) is 25.2 Å². The van der Waals surface area contributed by atoms with Crippen LogP contribution in [0.15, 0.2) is 36.5 Å². The predicted molar refractivity (Wildman–Crippen MR) is 99.9 cm³/mol. The Hall–Kier alpha value is -3.20. The standard InChI is InChI=1S/C20H22N4O2/c1-14-5-6-16(12-15(14)2)18(25)7-8-19(26)22-10-11-24-20-17(13-21)4-3-9-23-20/h3-6,9,12H,7-8,10-11H2,1-2H3,(H,22,26)(H,23,24). The van der Waals surface area contributed by atoms with Crippen LogP contribution in [-0.2, 0) is 4.79 Å². The van der Waals surface area contributed by atoms with Crippen molar-refractivity contribution >= 4 is 17.5 Å². The van der Waals surface area contributed by atoms with Crippen LogP contribution in [0.3, 0.4) is 0 Å². The maximum absolute atomic E-state index is 12.2. The Morgan fingerprint density at radius 3 is 2.65 bits per heavy atom. The Morgan fingerprint density at radius 1 is 1.12 bits per heavy atom. The van der Waals surface area contributed by atoms with Crippen molar-refractivity contribution in [1.29, 1.82) is 5.26 Å². The number of benzene rings is 1. The first-order chi connectivity index (χ1) is 12.5. The third-order valence-corrected chi connectivity index (χ3v) is 4.08. The first-order valence-electron chi connectivity index (χ1n) is 8.47. The van der Waals surface area contributed by atoms with Crippen LogP contribution in [-0.4, -0.2) is 29.8 Å². The van der Waals surface area contributed by atoms with Crippen molar-refractivity contribution in [2.24, 2.45) is 0 Å². The summed E-state index contributed by atoms with van der Waals surface area (Å²) in [4.78, 5) is 28.1. The summed E-state index contributed by atoms with van der Waals surface area (Å²) in [6, 6.07) is 11.0. The van der Waals surface area contributed by atoms with E-state index in [-0.39, 0.29) is 24.5 Å². The highest BCUT2D eigenvalue weighted by atomic mass is 16.2. The molecule has 1 amide bonds. The maximum Gasteiger partial charge on any atom is 0.220 e. The third kappa shape index (κ3) is 5.42. The molecule has 6 heteroatoms. The van der Waals surface area contributed by atoms with Gasteiger partial charge in [0, 0.05) is 37.7 Å². The molecule has 0 aliphatic carbocycles. The van der Waals surface area contributed by atoms with Gasteiger partial charge in [-0.2, -0.15) is 5.26 Å². The zero-order valence-electron chi connectivity index (χ0n) is 15.0. The van der Waals surface area contributed by atoms with E-state index in [2.05, 4.69) is 21.7 Å². The number of carbonyl (C=O) groups excluding carboxylic acids is 2. The molecule has 1 aromatic heterocycles. The Bertz CT molecular complexity index is 840. The topological polar surface area (TPSA) is 94.9 Å². The van der Waals surface area contributed by atoms with Crippen LogP contribution in [0.5, 0.6) is 0 Å². The number of hydrogen-bond acceptors (Lipinski definition) is 5. The predicted octanol–water partition coefficient (Wildman–Crippen LogP) is 2.76. The fourth-order valence-electron chi connectivity index (χ4n) is 2.39.